The van der Waals surface area contributed by atoms with Crippen LogP contribution >= 0.6 is 0 Å². The number of hydrogen-bond acceptors (Lipinski definition) is 2. The van der Waals surface area contributed by atoms with Gasteiger partial charge in [-0.05, 0) is 56.3 Å². The summed E-state index contributed by atoms with van der Waals surface area (Å²) in [5.74, 6) is 1.51. The van der Waals surface area contributed by atoms with Crippen LogP contribution in [0.4, 0.5) is 0 Å². The lowest BCUT2D eigenvalue weighted by molar-refractivity contribution is 0.306. The van der Waals surface area contributed by atoms with Crippen LogP contribution in [0.5, 0.6) is 0 Å². The first-order chi connectivity index (χ1) is 7.81. The van der Waals surface area contributed by atoms with E-state index in [9.17, 15) is 0 Å². The van der Waals surface area contributed by atoms with Crippen molar-refractivity contribution >= 4 is 0 Å². The molecule has 1 aliphatic rings. The fourth-order valence-electron chi connectivity index (χ4n) is 2.73. The van der Waals surface area contributed by atoms with Crippen LogP contribution in [0.25, 0.3) is 0 Å². The normalized spacial score (nSPS) is 25.6. The van der Waals surface area contributed by atoms with Crippen molar-refractivity contribution < 1.29 is 0 Å². The van der Waals surface area contributed by atoms with Gasteiger partial charge in [-0.2, -0.15) is 0 Å². The predicted octanol–water partition coefficient (Wildman–Crippen LogP) is 2.88. The third-order valence-electron chi connectivity index (χ3n) is 3.63. The van der Waals surface area contributed by atoms with Gasteiger partial charge in [0.05, 0.1) is 0 Å². The molecule has 1 aliphatic heterocycles. The van der Waals surface area contributed by atoms with Crippen LogP contribution in [0, 0.1) is 12.8 Å². The molecule has 1 N–H and O–H groups in total. The number of rotatable bonds is 3. The van der Waals surface area contributed by atoms with Crippen LogP contribution in [-0.2, 0) is 0 Å². The molecule has 2 heterocycles. The zero-order chi connectivity index (χ0) is 11.4. The first-order valence-electron chi connectivity index (χ1n) is 6.44. The lowest BCUT2D eigenvalue weighted by atomic mass is 9.79. The first kappa shape index (κ1) is 11.6. The Labute approximate surface area is 98.5 Å². The topological polar surface area (TPSA) is 24.9 Å². The highest BCUT2D eigenvalue weighted by molar-refractivity contribution is 5.19. The van der Waals surface area contributed by atoms with Crippen LogP contribution in [0.3, 0.4) is 0 Å². The van der Waals surface area contributed by atoms with Crippen LogP contribution in [0.15, 0.2) is 18.3 Å². The molecule has 2 heteroatoms. The van der Waals surface area contributed by atoms with E-state index in [1.807, 2.05) is 0 Å². The van der Waals surface area contributed by atoms with Crippen molar-refractivity contribution in [2.24, 2.45) is 5.92 Å². The van der Waals surface area contributed by atoms with Gasteiger partial charge in [-0.25, -0.2) is 0 Å². The van der Waals surface area contributed by atoms with Crippen LogP contribution in [0.1, 0.15) is 43.4 Å². The molecule has 0 aliphatic carbocycles. The van der Waals surface area contributed by atoms with Gasteiger partial charge in [-0.15, -0.1) is 0 Å². The molecule has 88 valence electrons. The summed E-state index contributed by atoms with van der Waals surface area (Å²) in [7, 11) is 0. The zero-order valence-corrected chi connectivity index (χ0v) is 10.4. The van der Waals surface area contributed by atoms with Gasteiger partial charge in [0, 0.05) is 11.9 Å². The van der Waals surface area contributed by atoms with Gasteiger partial charge in [0.1, 0.15) is 0 Å². The van der Waals surface area contributed by atoms with E-state index in [0.29, 0.717) is 5.92 Å². The van der Waals surface area contributed by atoms with Crippen LogP contribution < -0.4 is 5.32 Å². The quantitative estimate of drug-likeness (QED) is 0.844. The van der Waals surface area contributed by atoms with E-state index in [0.717, 1.165) is 18.2 Å². The van der Waals surface area contributed by atoms with Crippen molar-refractivity contribution in [3.8, 4) is 0 Å². The molecule has 2 nitrogen and oxygen atoms in total. The summed E-state index contributed by atoms with van der Waals surface area (Å²) in [6.07, 6.45) is 5.94. The summed E-state index contributed by atoms with van der Waals surface area (Å²) in [4.78, 5) is 4.43. The van der Waals surface area contributed by atoms with Gasteiger partial charge in [0.25, 0.3) is 0 Å². The van der Waals surface area contributed by atoms with Crippen LogP contribution in [0.2, 0.25) is 0 Å². The summed E-state index contributed by atoms with van der Waals surface area (Å²) >= 11 is 0. The van der Waals surface area contributed by atoms with Crippen molar-refractivity contribution in [1.82, 2.24) is 10.3 Å². The number of piperidine rings is 1. The Morgan fingerprint density at radius 1 is 1.44 bits per heavy atom. The highest BCUT2D eigenvalue weighted by Gasteiger charge is 2.25. The van der Waals surface area contributed by atoms with Gasteiger partial charge >= 0.3 is 0 Å². The summed E-state index contributed by atoms with van der Waals surface area (Å²) in [5.41, 5.74) is 2.55. The molecular weight excluding hydrogens is 196 g/mol. The van der Waals surface area contributed by atoms with Crippen molar-refractivity contribution in [3.05, 3.63) is 29.6 Å². The Balaban J connectivity index is 2.13. The molecule has 0 saturated carbocycles. The van der Waals surface area contributed by atoms with Gasteiger partial charge in [-0.3, -0.25) is 4.98 Å². The molecule has 0 radical (unpaired) electrons. The lowest BCUT2D eigenvalue weighted by Crippen LogP contribution is -2.35. The van der Waals surface area contributed by atoms with Crippen molar-refractivity contribution in [1.29, 1.82) is 0 Å². The average Bonchev–Trinajstić information content (AvgIpc) is 2.32. The minimum atomic E-state index is 0.717. The second-order valence-corrected chi connectivity index (χ2v) is 4.88. The number of nitrogens with one attached hydrogen (secondary N) is 1. The molecule has 16 heavy (non-hydrogen) atoms. The smallest absolute Gasteiger partial charge is 0.0372 e. The Bertz CT molecular complexity index is 316. The third-order valence-corrected chi connectivity index (χ3v) is 3.63. The number of aryl methyl sites for hydroxylation is 1. The maximum atomic E-state index is 4.43. The predicted molar refractivity (Wildman–Crippen MR) is 67.6 cm³/mol. The average molecular weight is 218 g/mol. The molecule has 2 unspecified atom stereocenters. The number of pyridine rings is 1. The molecule has 1 aromatic heterocycles. The highest BCUT2D eigenvalue weighted by atomic mass is 14.9. The minimum absolute atomic E-state index is 0.717. The van der Waals surface area contributed by atoms with E-state index in [-0.39, 0.29) is 0 Å². The molecule has 1 fully saturated rings. The largest absolute Gasteiger partial charge is 0.316 e. The van der Waals surface area contributed by atoms with Crippen molar-refractivity contribution in [3.63, 3.8) is 0 Å². The van der Waals surface area contributed by atoms with Crippen molar-refractivity contribution in [2.75, 3.05) is 13.1 Å². The monoisotopic (exact) mass is 218 g/mol. The summed E-state index contributed by atoms with van der Waals surface area (Å²) in [6, 6.07) is 4.40. The molecule has 0 aromatic carbocycles. The maximum absolute atomic E-state index is 4.43. The van der Waals surface area contributed by atoms with Gasteiger partial charge in [-0.1, -0.05) is 19.4 Å². The SMILES string of the molecule is CCCC1CNCCC1c1ccc(C)nc1. The van der Waals surface area contributed by atoms with Crippen molar-refractivity contribution in [2.45, 2.75) is 39.0 Å². The summed E-state index contributed by atoms with van der Waals surface area (Å²) in [5, 5.41) is 3.51. The number of hydrogen-bond donors (Lipinski definition) is 1. The molecule has 0 bridgehead atoms. The molecule has 1 saturated heterocycles. The summed E-state index contributed by atoms with van der Waals surface area (Å²) in [6.45, 7) is 6.65. The van der Waals surface area contributed by atoms with E-state index < -0.39 is 0 Å². The second-order valence-electron chi connectivity index (χ2n) is 4.88. The number of nitrogens with zero attached hydrogens (tertiary/aromatic N) is 1. The third kappa shape index (κ3) is 2.62. The Morgan fingerprint density at radius 3 is 3.00 bits per heavy atom. The lowest BCUT2D eigenvalue weighted by Gasteiger charge is -2.32. The first-order valence-corrected chi connectivity index (χ1v) is 6.44. The Hall–Kier alpha value is -0.890. The van der Waals surface area contributed by atoms with Gasteiger partial charge in [0.2, 0.25) is 0 Å². The zero-order valence-electron chi connectivity index (χ0n) is 10.4. The molecular formula is C14H22N2. The molecule has 0 amide bonds. The molecule has 0 spiro atoms. The minimum Gasteiger partial charge on any atom is -0.316 e. The maximum Gasteiger partial charge on any atom is 0.0372 e. The van der Waals surface area contributed by atoms with E-state index in [2.05, 4.69) is 42.5 Å². The van der Waals surface area contributed by atoms with Gasteiger partial charge < -0.3 is 5.32 Å². The van der Waals surface area contributed by atoms with E-state index in [1.54, 1.807) is 0 Å². The summed E-state index contributed by atoms with van der Waals surface area (Å²) < 4.78 is 0. The highest BCUT2D eigenvalue weighted by Crippen LogP contribution is 2.32. The Kier molecular flexibility index (Phi) is 3.94. The fraction of sp³-hybridized carbons (Fsp3) is 0.643. The van der Waals surface area contributed by atoms with E-state index in [4.69, 9.17) is 0 Å². The van der Waals surface area contributed by atoms with Gasteiger partial charge in [0.15, 0.2) is 0 Å². The molecule has 2 rings (SSSR count). The van der Waals surface area contributed by atoms with E-state index in [1.165, 1.54) is 31.4 Å². The Morgan fingerprint density at radius 2 is 2.31 bits per heavy atom. The molecule has 1 aromatic rings. The standard InChI is InChI=1S/C14H22N2/c1-3-4-12-9-15-8-7-14(12)13-6-5-11(2)16-10-13/h5-6,10,12,14-15H,3-4,7-9H2,1-2H3. The number of aromatic nitrogens is 1. The van der Waals surface area contributed by atoms with E-state index >= 15 is 0 Å². The fourth-order valence-corrected chi connectivity index (χ4v) is 2.73. The van der Waals surface area contributed by atoms with Crippen LogP contribution in [-0.4, -0.2) is 18.1 Å². The second kappa shape index (κ2) is 5.44. The molecule has 2 atom stereocenters.